The Hall–Kier alpha value is -2.86. The van der Waals surface area contributed by atoms with Gasteiger partial charge < -0.3 is 0 Å². The summed E-state index contributed by atoms with van der Waals surface area (Å²) in [5, 5.41) is 14.1. The van der Waals surface area contributed by atoms with E-state index in [1.165, 1.54) is 0 Å². The van der Waals surface area contributed by atoms with Crippen LogP contribution in [0.15, 0.2) is 72.8 Å². The number of rotatable bonds is 5. The van der Waals surface area contributed by atoms with Crippen LogP contribution in [0.3, 0.4) is 0 Å². The normalized spacial score (nSPS) is 12.3. The van der Waals surface area contributed by atoms with Crippen molar-refractivity contribution in [3.8, 4) is 5.69 Å². The van der Waals surface area contributed by atoms with Gasteiger partial charge in [-0.25, -0.2) is 0 Å². The summed E-state index contributed by atoms with van der Waals surface area (Å²) in [6.07, 6.45) is 0. The molecule has 0 fully saturated rings. The first-order valence-electron chi connectivity index (χ1n) is 7.95. The van der Waals surface area contributed by atoms with Crippen molar-refractivity contribution in [2.24, 2.45) is 0 Å². The lowest BCUT2D eigenvalue weighted by Crippen LogP contribution is -2.08. The van der Waals surface area contributed by atoms with Crippen LogP contribution in [0, 0.1) is 0 Å². The maximum Gasteiger partial charge on any atom is 0.169 e. The number of para-hydroxylation sites is 1. The molecule has 25 heavy (non-hydrogen) atoms. The summed E-state index contributed by atoms with van der Waals surface area (Å²) in [6, 6.07) is 23.9. The molecular weight excluding hydrogens is 332 g/mol. The summed E-state index contributed by atoms with van der Waals surface area (Å²) in [5.41, 5.74) is 1.94. The van der Waals surface area contributed by atoms with Gasteiger partial charge in [-0.1, -0.05) is 60.7 Å². The molecule has 0 bridgehead atoms. The van der Waals surface area contributed by atoms with Gasteiger partial charge in [-0.3, -0.25) is 4.21 Å². The number of hydrogen-bond donors (Lipinski definition) is 0. The third kappa shape index (κ3) is 3.34. The Morgan fingerprint density at radius 3 is 2.48 bits per heavy atom. The molecule has 5 nitrogen and oxygen atoms in total. The zero-order valence-electron chi connectivity index (χ0n) is 13.4. The van der Waals surface area contributed by atoms with Crippen LogP contribution in [0.4, 0.5) is 0 Å². The lowest BCUT2D eigenvalue weighted by molar-refractivity contribution is 0.679. The Bertz CT molecular complexity index is 1020. The van der Waals surface area contributed by atoms with Crippen LogP contribution in [0.1, 0.15) is 11.4 Å². The van der Waals surface area contributed by atoms with E-state index in [0.717, 1.165) is 22.0 Å². The largest absolute Gasteiger partial charge is 0.259 e. The number of benzene rings is 3. The van der Waals surface area contributed by atoms with Gasteiger partial charge in [-0.2, -0.15) is 4.68 Å². The minimum Gasteiger partial charge on any atom is -0.259 e. The van der Waals surface area contributed by atoms with Crippen LogP contribution >= 0.6 is 0 Å². The van der Waals surface area contributed by atoms with Crippen molar-refractivity contribution in [2.75, 3.05) is 0 Å². The summed E-state index contributed by atoms with van der Waals surface area (Å²) in [4.78, 5) is 0. The van der Waals surface area contributed by atoms with E-state index in [2.05, 4.69) is 33.7 Å². The maximum absolute atomic E-state index is 12.7. The molecule has 1 aromatic heterocycles. The second-order valence-corrected chi connectivity index (χ2v) is 7.17. The molecule has 0 saturated carbocycles. The molecule has 0 radical (unpaired) electrons. The first-order valence-corrected chi connectivity index (χ1v) is 9.44. The predicted molar refractivity (Wildman–Crippen MR) is 98.7 cm³/mol. The minimum atomic E-state index is -1.10. The summed E-state index contributed by atoms with van der Waals surface area (Å²) < 4.78 is 14.3. The van der Waals surface area contributed by atoms with E-state index >= 15 is 0 Å². The Kier molecular flexibility index (Phi) is 4.35. The molecule has 3 aromatic carbocycles. The van der Waals surface area contributed by atoms with Gasteiger partial charge in [0.25, 0.3) is 0 Å². The second-order valence-electron chi connectivity index (χ2n) is 5.71. The van der Waals surface area contributed by atoms with Gasteiger partial charge in [-0.15, -0.1) is 5.10 Å². The first-order chi connectivity index (χ1) is 12.3. The number of hydrogen-bond acceptors (Lipinski definition) is 4. The quantitative estimate of drug-likeness (QED) is 0.555. The van der Waals surface area contributed by atoms with Crippen molar-refractivity contribution in [3.05, 3.63) is 84.2 Å². The van der Waals surface area contributed by atoms with Crippen LogP contribution in [0.2, 0.25) is 0 Å². The third-order valence-corrected chi connectivity index (χ3v) is 5.23. The monoisotopic (exact) mass is 348 g/mol. The van der Waals surface area contributed by atoms with Crippen LogP contribution in [0.25, 0.3) is 16.5 Å². The average molecular weight is 348 g/mol. The Labute approximate surface area is 147 Å². The topological polar surface area (TPSA) is 60.7 Å². The zero-order valence-corrected chi connectivity index (χ0v) is 14.3. The van der Waals surface area contributed by atoms with Crippen molar-refractivity contribution in [2.45, 2.75) is 11.5 Å². The standard InChI is InChI=1S/C19H16N4OS/c24-25(13-16-9-6-8-15-7-4-5-12-18(15)16)14-19-20-21-22-23(19)17-10-2-1-3-11-17/h1-12H,13-14H2. The summed E-state index contributed by atoms with van der Waals surface area (Å²) in [7, 11) is -1.10. The van der Waals surface area contributed by atoms with Gasteiger partial charge >= 0.3 is 0 Å². The second kappa shape index (κ2) is 6.94. The molecular formula is C19H16N4OS. The Morgan fingerprint density at radius 2 is 1.60 bits per heavy atom. The molecule has 0 saturated heterocycles. The van der Waals surface area contributed by atoms with Crippen molar-refractivity contribution in [3.63, 3.8) is 0 Å². The summed E-state index contributed by atoms with van der Waals surface area (Å²) in [5.74, 6) is 1.39. The van der Waals surface area contributed by atoms with Crippen molar-refractivity contribution in [1.29, 1.82) is 0 Å². The zero-order chi connectivity index (χ0) is 17.1. The van der Waals surface area contributed by atoms with E-state index in [4.69, 9.17) is 0 Å². The molecule has 0 amide bonds. The van der Waals surface area contributed by atoms with Crippen LogP contribution < -0.4 is 0 Å². The number of fused-ring (bicyclic) bond motifs is 1. The predicted octanol–water partition coefficient (Wildman–Crippen LogP) is 3.26. The van der Waals surface area contributed by atoms with Gasteiger partial charge in [0.05, 0.1) is 11.4 Å². The summed E-state index contributed by atoms with van der Waals surface area (Å²) in [6.45, 7) is 0. The van der Waals surface area contributed by atoms with E-state index < -0.39 is 10.8 Å². The summed E-state index contributed by atoms with van der Waals surface area (Å²) >= 11 is 0. The molecule has 0 aliphatic heterocycles. The van der Waals surface area contributed by atoms with Crippen molar-refractivity contribution in [1.82, 2.24) is 20.2 Å². The number of aromatic nitrogens is 4. The lowest BCUT2D eigenvalue weighted by atomic mass is 10.1. The van der Waals surface area contributed by atoms with Crippen LogP contribution in [-0.2, 0) is 22.3 Å². The van der Waals surface area contributed by atoms with Gasteiger partial charge in [0.1, 0.15) is 0 Å². The average Bonchev–Trinajstić information content (AvgIpc) is 3.11. The number of tetrazole rings is 1. The van der Waals surface area contributed by atoms with Gasteiger partial charge in [-0.05, 0) is 38.9 Å². The lowest BCUT2D eigenvalue weighted by Gasteiger charge is -2.07. The molecule has 4 rings (SSSR count). The molecule has 0 N–H and O–H groups in total. The number of nitrogens with zero attached hydrogens (tertiary/aromatic N) is 4. The van der Waals surface area contributed by atoms with E-state index in [0.29, 0.717) is 17.3 Å². The van der Waals surface area contributed by atoms with E-state index in [-0.39, 0.29) is 0 Å². The fourth-order valence-corrected chi connectivity index (χ4v) is 4.02. The fraction of sp³-hybridized carbons (Fsp3) is 0.105. The highest BCUT2D eigenvalue weighted by Crippen LogP contribution is 2.20. The molecule has 1 atom stereocenters. The molecule has 1 heterocycles. The molecule has 124 valence electrons. The SMILES string of the molecule is O=S(Cc1cccc2ccccc12)Cc1nnnn1-c1ccccc1. The highest BCUT2D eigenvalue weighted by molar-refractivity contribution is 7.83. The Balaban J connectivity index is 1.57. The van der Waals surface area contributed by atoms with Gasteiger partial charge in [0.15, 0.2) is 5.82 Å². The third-order valence-electron chi connectivity index (χ3n) is 4.02. The highest BCUT2D eigenvalue weighted by atomic mass is 32.2. The smallest absolute Gasteiger partial charge is 0.169 e. The van der Waals surface area contributed by atoms with E-state index in [1.54, 1.807) is 4.68 Å². The van der Waals surface area contributed by atoms with Crippen molar-refractivity contribution >= 4 is 21.6 Å². The minimum absolute atomic E-state index is 0.311. The Morgan fingerprint density at radius 1 is 0.840 bits per heavy atom. The highest BCUT2D eigenvalue weighted by Gasteiger charge is 2.13. The molecule has 6 heteroatoms. The van der Waals surface area contributed by atoms with E-state index in [9.17, 15) is 4.21 Å². The van der Waals surface area contributed by atoms with Crippen molar-refractivity contribution < 1.29 is 4.21 Å². The molecule has 0 spiro atoms. The molecule has 1 unspecified atom stereocenters. The molecule has 0 aliphatic rings. The molecule has 4 aromatic rings. The molecule has 0 aliphatic carbocycles. The van der Waals surface area contributed by atoms with Gasteiger partial charge in [0.2, 0.25) is 0 Å². The van der Waals surface area contributed by atoms with E-state index in [1.807, 2.05) is 54.6 Å². The maximum atomic E-state index is 12.7. The van der Waals surface area contributed by atoms with Gasteiger partial charge in [0, 0.05) is 16.6 Å². The fourth-order valence-electron chi connectivity index (χ4n) is 2.85. The van der Waals surface area contributed by atoms with Crippen LogP contribution in [-0.4, -0.2) is 24.4 Å². The van der Waals surface area contributed by atoms with Crippen LogP contribution in [0.5, 0.6) is 0 Å². The first kappa shape index (κ1) is 15.7.